The van der Waals surface area contributed by atoms with E-state index >= 15 is 0 Å². The van der Waals surface area contributed by atoms with Crippen molar-refractivity contribution in [2.75, 3.05) is 44.2 Å². The highest BCUT2D eigenvalue weighted by Gasteiger charge is 2.41. The number of carbonyl (C=O) groups is 1. The van der Waals surface area contributed by atoms with Crippen LogP contribution in [0, 0.1) is 5.41 Å². The minimum absolute atomic E-state index is 0. The lowest BCUT2D eigenvalue weighted by atomic mass is 9.87. The van der Waals surface area contributed by atoms with Crippen LogP contribution in [0.3, 0.4) is 0 Å². The summed E-state index contributed by atoms with van der Waals surface area (Å²) in [6, 6.07) is 8.30. The second-order valence-electron chi connectivity index (χ2n) is 6.81. The van der Waals surface area contributed by atoms with Crippen molar-refractivity contribution in [3.05, 3.63) is 29.8 Å². The van der Waals surface area contributed by atoms with Crippen molar-refractivity contribution in [2.45, 2.75) is 19.3 Å². The van der Waals surface area contributed by atoms with Gasteiger partial charge in [0.15, 0.2) is 0 Å². The van der Waals surface area contributed by atoms with Crippen LogP contribution in [0.4, 0.5) is 5.69 Å². The second-order valence-corrected chi connectivity index (χ2v) is 6.81. The fourth-order valence-corrected chi connectivity index (χ4v) is 4.18. The summed E-state index contributed by atoms with van der Waals surface area (Å²) in [5.74, 6) is 0.267. The number of nitrogens with zero attached hydrogens (tertiary/aromatic N) is 2. The summed E-state index contributed by atoms with van der Waals surface area (Å²) in [6.07, 6.45) is 3.50. The first-order valence-electron chi connectivity index (χ1n) is 8.07. The van der Waals surface area contributed by atoms with E-state index in [2.05, 4.69) is 28.4 Å². The number of likely N-dealkylation sites (tertiary alicyclic amines) is 1. The zero-order valence-corrected chi connectivity index (χ0v) is 13.7. The molecule has 0 aromatic heterocycles. The molecule has 3 aliphatic heterocycles. The standard InChI is InChI=1S/C17H23N3O.ClH/c21-16(20-9-5-14-3-1-2-4-15(14)20)11-19-10-7-17(13-19)6-8-18-12-17;/h1-4,18H,5-13H2;1H. The lowest BCUT2D eigenvalue weighted by Gasteiger charge is -2.24. The molecule has 0 radical (unpaired) electrons. The molecule has 4 rings (SSSR count). The third-order valence-corrected chi connectivity index (χ3v) is 5.40. The lowest BCUT2D eigenvalue weighted by Crippen LogP contribution is -2.40. The van der Waals surface area contributed by atoms with Crippen LogP contribution in [0.2, 0.25) is 0 Å². The molecule has 1 unspecified atom stereocenters. The number of anilines is 1. The minimum Gasteiger partial charge on any atom is -0.316 e. The Hall–Kier alpha value is -1.10. The van der Waals surface area contributed by atoms with Crippen molar-refractivity contribution in [1.82, 2.24) is 10.2 Å². The fourth-order valence-electron chi connectivity index (χ4n) is 4.18. The van der Waals surface area contributed by atoms with E-state index in [1.165, 1.54) is 18.4 Å². The Balaban J connectivity index is 0.00000144. The Labute approximate surface area is 138 Å². The van der Waals surface area contributed by atoms with Gasteiger partial charge in [0, 0.05) is 25.3 Å². The molecule has 1 amide bonds. The SMILES string of the molecule is Cl.O=C(CN1CCC2(CCNC2)C1)N1CCc2ccccc21. The molecule has 1 spiro atoms. The van der Waals surface area contributed by atoms with Crippen LogP contribution >= 0.6 is 12.4 Å². The molecule has 0 saturated carbocycles. The molecule has 1 aromatic carbocycles. The van der Waals surface area contributed by atoms with Crippen molar-refractivity contribution in [3.63, 3.8) is 0 Å². The maximum atomic E-state index is 12.6. The van der Waals surface area contributed by atoms with Gasteiger partial charge in [-0.05, 0) is 49.4 Å². The number of rotatable bonds is 2. The molecule has 1 aromatic rings. The number of nitrogens with one attached hydrogen (secondary N) is 1. The largest absolute Gasteiger partial charge is 0.316 e. The van der Waals surface area contributed by atoms with Crippen LogP contribution < -0.4 is 10.2 Å². The molecule has 22 heavy (non-hydrogen) atoms. The van der Waals surface area contributed by atoms with E-state index in [0.717, 1.165) is 44.8 Å². The van der Waals surface area contributed by atoms with Gasteiger partial charge in [-0.25, -0.2) is 0 Å². The molecule has 5 heteroatoms. The van der Waals surface area contributed by atoms with Gasteiger partial charge >= 0.3 is 0 Å². The Morgan fingerprint density at radius 1 is 1.23 bits per heavy atom. The Bertz CT molecular complexity index is 557. The van der Waals surface area contributed by atoms with Gasteiger partial charge in [-0.2, -0.15) is 0 Å². The zero-order valence-electron chi connectivity index (χ0n) is 12.9. The highest BCUT2D eigenvalue weighted by atomic mass is 35.5. The number of halogens is 1. The maximum Gasteiger partial charge on any atom is 0.241 e. The molecule has 3 heterocycles. The normalized spacial score (nSPS) is 27.2. The summed E-state index contributed by atoms with van der Waals surface area (Å²) >= 11 is 0. The minimum atomic E-state index is 0. The molecule has 4 nitrogen and oxygen atoms in total. The van der Waals surface area contributed by atoms with Crippen LogP contribution in [0.1, 0.15) is 18.4 Å². The summed E-state index contributed by atoms with van der Waals surface area (Å²) in [5.41, 5.74) is 2.88. The van der Waals surface area contributed by atoms with E-state index in [1.807, 2.05) is 11.0 Å². The van der Waals surface area contributed by atoms with Gasteiger partial charge in [-0.1, -0.05) is 18.2 Å². The van der Waals surface area contributed by atoms with E-state index in [-0.39, 0.29) is 18.3 Å². The average molecular weight is 322 g/mol. The van der Waals surface area contributed by atoms with Gasteiger partial charge in [0.2, 0.25) is 5.91 Å². The number of para-hydroxylation sites is 1. The Morgan fingerprint density at radius 2 is 2.09 bits per heavy atom. The highest BCUT2D eigenvalue weighted by Crippen LogP contribution is 2.36. The number of amides is 1. The van der Waals surface area contributed by atoms with E-state index in [4.69, 9.17) is 0 Å². The van der Waals surface area contributed by atoms with Crippen molar-refractivity contribution >= 4 is 24.0 Å². The van der Waals surface area contributed by atoms with E-state index < -0.39 is 0 Å². The molecular formula is C17H24ClN3O. The van der Waals surface area contributed by atoms with Gasteiger partial charge in [0.1, 0.15) is 0 Å². The highest BCUT2D eigenvalue weighted by molar-refractivity contribution is 5.96. The first kappa shape index (κ1) is 15.8. The van der Waals surface area contributed by atoms with Crippen LogP contribution in [0.15, 0.2) is 24.3 Å². The zero-order chi connectivity index (χ0) is 14.3. The molecule has 1 atom stereocenters. The fraction of sp³-hybridized carbons (Fsp3) is 0.588. The molecule has 1 N–H and O–H groups in total. The van der Waals surface area contributed by atoms with E-state index in [9.17, 15) is 4.79 Å². The van der Waals surface area contributed by atoms with Gasteiger partial charge in [0.05, 0.1) is 6.54 Å². The third-order valence-electron chi connectivity index (χ3n) is 5.40. The van der Waals surface area contributed by atoms with Crippen molar-refractivity contribution in [2.24, 2.45) is 5.41 Å². The summed E-state index contributed by atoms with van der Waals surface area (Å²) in [7, 11) is 0. The molecule has 120 valence electrons. The summed E-state index contributed by atoms with van der Waals surface area (Å²) < 4.78 is 0. The Kier molecular flexibility index (Phi) is 4.44. The van der Waals surface area contributed by atoms with E-state index in [0.29, 0.717) is 12.0 Å². The van der Waals surface area contributed by atoms with Gasteiger partial charge in [-0.3, -0.25) is 9.69 Å². The summed E-state index contributed by atoms with van der Waals surface area (Å²) in [5, 5.41) is 3.47. The van der Waals surface area contributed by atoms with Gasteiger partial charge < -0.3 is 10.2 Å². The predicted octanol–water partition coefficient (Wildman–Crippen LogP) is 1.68. The van der Waals surface area contributed by atoms with Crippen molar-refractivity contribution < 1.29 is 4.79 Å². The molecule has 0 bridgehead atoms. The number of fused-ring (bicyclic) bond motifs is 1. The number of hydrogen-bond acceptors (Lipinski definition) is 3. The van der Waals surface area contributed by atoms with E-state index in [1.54, 1.807) is 0 Å². The first-order valence-corrected chi connectivity index (χ1v) is 8.07. The van der Waals surface area contributed by atoms with Gasteiger partial charge in [-0.15, -0.1) is 12.4 Å². The van der Waals surface area contributed by atoms with Crippen LogP contribution in [-0.4, -0.2) is 50.1 Å². The van der Waals surface area contributed by atoms with Gasteiger partial charge in [0.25, 0.3) is 0 Å². The number of hydrogen-bond donors (Lipinski definition) is 1. The molecule has 0 aliphatic carbocycles. The second kappa shape index (κ2) is 6.19. The van der Waals surface area contributed by atoms with Crippen molar-refractivity contribution in [1.29, 1.82) is 0 Å². The Morgan fingerprint density at radius 3 is 2.91 bits per heavy atom. The third kappa shape index (κ3) is 2.75. The first-order chi connectivity index (χ1) is 10.3. The summed E-state index contributed by atoms with van der Waals surface area (Å²) in [6.45, 7) is 5.85. The lowest BCUT2D eigenvalue weighted by molar-refractivity contribution is -0.119. The van der Waals surface area contributed by atoms with Crippen molar-refractivity contribution in [3.8, 4) is 0 Å². The smallest absolute Gasteiger partial charge is 0.241 e. The van der Waals surface area contributed by atoms with Crippen LogP contribution in [0.5, 0.6) is 0 Å². The molecular weight excluding hydrogens is 298 g/mol. The molecule has 2 fully saturated rings. The maximum absolute atomic E-state index is 12.6. The average Bonchev–Trinajstić information content (AvgIpc) is 3.21. The number of benzene rings is 1. The molecule has 2 saturated heterocycles. The predicted molar refractivity (Wildman–Crippen MR) is 90.7 cm³/mol. The topological polar surface area (TPSA) is 35.6 Å². The molecule has 3 aliphatic rings. The number of carbonyl (C=O) groups excluding carboxylic acids is 1. The monoisotopic (exact) mass is 321 g/mol. The van der Waals surface area contributed by atoms with Crippen LogP contribution in [-0.2, 0) is 11.2 Å². The van der Waals surface area contributed by atoms with Crippen LogP contribution in [0.25, 0.3) is 0 Å². The quantitative estimate of drug-likeness (QED) is 0.900. The summed E-state index contributed by atoms with van der Waals surface area (Å²) in [4.78, 5) is 17.0.